The SMILES string of the molecule is CCN(CC(=O)Nc1ccccc1C(F)(F)F)C(=O)C1(C)Cc2ccccc2C(=O)O1. The van der Waals surface area contributed by atoms with E-state index in [1.54, 1.807) is 31.2 Å². The molecule has 0 aliphatic carbocycles. The first-order valence-corrected chi connectivity index (χ1v) is 9.62. The fourth-order valence-electron chi connectivity index (χ4n) is 3.52. The van der Waals surface area contributed by atoms with E-state index in [0.717, 1.165) is 17.0 Å². The highest BCUT2D eigenvalue weighted by Crippen LogP contribution is 2.34. The summed E-state index contributed by atoms with van der Waals surface area (Å²) < 4.78 is 44.8. The van der Waals surface area contributed by atoms with Crippen molar-refractivity contribution in [2.24, 2.45) is 0 Å². The van der Waals surface area contributed by atoms with Crippen molar-refractivity contribution < 1.29 is 32.3 Å². The molecule has 164 valence electrons. The molecule has 1 aliphatic rings. The molecule has 9 heteroatoms. The third kappa shape index (κ3) is 4.70. The number of hydrogen-bond donors (Lipinski definition) is 1. The molecule has 1 aliphatic heterocycles. The zero-order valence-corrected chi connectivity index (χ0v) is 17.0. The number of esters is 1. The molecule has 1 heterocycles. The number of carbonyl (C=O) groups excluding carboxylic acids is 3. The van der Waals surface area contributed by atoms with Crippen molar-refractivity contribution in [1.82, 2.24) is 4.90 Å². The maximum atomic E-state index is 13.1. The Morgan fingerprint density at radius 1 is 1.13 bits per heavy atom. The highest BCUT2D eigenvalue weighted by Gasteiger charge is 2.45. The van der Waals surface area contributed by atoms with E-state index in [9.17, 15) is 27.6 Å². The van der Waals surface area contributed by atoms with Gasteiger partial charge in [-0.25, -0.2) is 4.79 Å². The molecule has 6 nitrogen and oxygen atoms in total. The second-order valence-corrected chi connectivity index (χ2v) is 7.37. The minimum atomic E-state index is -4.64. The molecule has 1 N–H and O–H groups in total. The highest BCUT2D eigenvalue weighted by atomic mass is 19.4. The van der Waals surface area contributed by atoms with Gasteiger partial charge in [0, 0.05) is 13.0 Å². The van der Waals surface area contributed by atoms with Crippen molar-refractivity contribution in [2.75, 3.05) is 18.4 Å². The van der Waals surface area contributed by atoms with Gasteiger partial charge in [-0.3, -0.25) is 9.59 Å². The lowest BCUT2D eigenvalue weighted by Crippen LogP contribution is -2.54. The highest BCUT2D eigenvalue weighted by molar-refractivity contribution is 6.00. The summed E-state index contributed by atoms with van der Waals surface area (Å²) in [6, 6.07) is 11.3. The number of hydrogen-bond acceptors (Lipinski definition) is 4. The molecule has 2 aromatic rings. The van der Waals surface area contributed by atoms with Crippen LogP contribution in [0.5, 0.6) is 0 Å². The fraction of sp³-hybridized carbons (Fsp3) is 0.318. The first-order valence-electron chi connectivity index (χ1n) is 9.62. The third-order valence-corrected chi connectivity index (χ3v) is 5.05. The average Bonchev–Trinajstić information content (AvgIpc) is 2.71. The van der Waals surface area contributed by atoms with Gasteiger partial charge in [-0.2, -0.15) is 13.2 Å². The number of para-hydroxylation sites is 1. The van der Waals surface area contributed by atoms with Gasteiger partial charge >= 0.3 is 12.1 Å². The molecule has 0 radical (unpaired) electrons. The molecule has 0 bridgehead atoms. The van der Waals surface area contributed by atoms with Gasteiger partial charge < -0.3 is 15.0 Å². The van der Waals surface area contributed by atoms with E-state index < -0.39 is 47.4 Å². The lowest BCUT2D eigenvalue weighted by atomic mass is 9.89. The van der Waals surface area contributed by atoms with Crippen LogP contribution in [-0.2, 0) is 26.9 Å². The second-order valence-electron chi connectivity index (χ2n) is 7.37. The van der Waals surface area contributed by atoms with Crippen LogP contribution in [-0.4, -0.2) is 41.4 Å². The number of cyclic esters (lactones) is 1. The molecule has 1 unspecified atom stereocenters. The van der Waals surface area contributed by atoms with Crippen LogP contribution in [0.25, 0.3) is 0 Å². The van der Waals surface area contributed by atoms with Crippen LogP contribution in [0.4, 0.5) is 18.9 Å². The zero-order chi connectivity index (χ0) is 22.8. The lowest BCUT2D eigenvalue weighted by Gasteiger charge is -2.36. The molecule has 0 fully saturated rings. The fourth-order valence-corrected chi connectivity index (χ4v) is 3.52. The van der Waals surface area contributed by atoms with Gasteiger partial charge in [-0.1, -0.05) is 30.3 Å². The number of likely N-dealkylation sites (N-methyl/N-ethyl adjacent to an activating group) is 1. The number of rotatable bonds is 5. The largest absolute Gasteiger partial charge is 0.445 e. The van der Waals surface area contributed by atoms with Gasteiger partial charge in [0.1, 0.15) is 0 Å². The van der Waals surface area contributed by atoms with Gasteiger partial charge in [0.15, 0.2) is 5.60 Å². The Morgan fingerprint density at radius 2 is 1.77 bits per heavy atom. The van der Waals surface area contributed by atoms with E-state index in [1.165, 1.54) is 19.1 Å². The standard InChI is InChI=1S/C22H21F3N2O4/c1-3-27(13-18(28)26-17-11-7-6-10-16(17)22(23,24)25)20(30)21(2)12-14-8-4-5-9-15(14)19(29)31-21/h4-11H,3,12-13H2,1-2H3,(H,26,28). The van der Waals surface area contributed by atoms with Gasteiger partial charge in [-0.05, 0) is 37.6 Å². The van der Waals surface area contributed by atoms with E-state index in [2.05, 4.69) is 5.32 Å². The molecule has 0 saturated heterocycles. The number of alkyl halides is 3. The Bertz CT molecular complexity index is 1020. The third-order valence-electron chi connectivity index (χ3n) is 5.05. The van der Waals surface area contributed by atoms with Crippen LogP contribution in [0.2, 0.25) is 0 Å². The minimum Gasteiger partial charge on any atom is -0.445 e. The van der Waals surface area contributed by atoms with Crippen molar-refractivity contribution in [1.29, 1.82) is 0 Å². The van der Waals surface area contributed by atoms with Crippen molar-refractivity contribution >= 4 is 23.5 Å². The van der Waals surface area contributed by atoms with Crippen LogP contribution < -0.4 is 5.32 Å². The van der Waals surface area contributed by atoms with Gasteiger partial charge in [0.25, 0.3) is 5.91 Å². The molecule has 0 aromatic heterocycles. The number of fused-ring (bicyclic) bond motifs is 1. The number of carbonyl (C=O) groups is 3. The van der Waals surface area contributed by atoms with Crippen LogP contribution in [0.15, 0.2) is 48.5 Å². The van der Waals surface area contributed by atoms with E-state index in [1.807, 2.05) is 0 Å². The first-order chi connectivity index (χ1) is 14.5. The van der Waals surface area contributed by atoms with Crippen LogP contribution in [0, 0.1) is 0 Å². The smallest absolute Gasteiger partial charge is 0.418 e. The summed E-state index contributed by atoms with van der Waals surface area (Å²) >= 11 is 0. The Morgan fingerprint density at radius 3 is 2.45 bits per heavy atom. The number of halogens is 3. The summed E-state index contributed by atoms with van der Waals surface area (Å²) in [6.45, 7) is 2.69. The predicted octanol–water partition coefficient (Wildman–Crippen LogP) is 3.66. The van der Waals surface area contributed by atoms with E-state index in [4.69, 9.17) is 4.74 Å². The van der Waals surface area contributed by atoms with E-state index in [0.29, 0.717) is 11.1 Å². The monoisotopic (exact) mass is 434 g/mol. The summed E-state index contributed by atoms with van der Waals surface area (Å²) in [5, 5.41) is 2.22. The number of amides is 2. The molecule has 2 aromatic carbocycles. The van der Waals surface area contributed by atoms with Crippen molar-refractivity contribution in [2.45, 2.75) is 32.0 Å². The Kier molecular flexibility index (Phi) is 6.06. The van der Waals surface area contributed by atoms with Crippen molar-refractivity contribution in [3.63, 3.8) is 0 Å². The predicted molar refractivity (Wildman–Crippen MR) is 106 cm³/mol. The topological polar surface area (TPSA) is 75.7 Å². The summed E-state index contributed by atoms with van der Waals surface area (Å²) in [5.41, 5.74) is -1.88. The number of ether oxygens (including phenoxy) is 1. The molecule has 31 heavy (non-hydrogen) atoms. The summed E-state index contributed by atoms with van der Waals surface area (Å²) in [6.07, 6.45) is -4.51. The zero-order valence-electron chi connectivity index (χ0n) is 17.0. The van der Waals surface area contributed by atoms with Crippen LogP contribution in [0.1, 0.15) is 35.3 Å². The van der Waals surface area contributed by atoms with Crippen molar-refractivity contribution in [3.05, 3.63) is 65.2 Å². The number of nitrogens with zero attached hydrogens (tertiary/aromatic N) is 1. The lowest BCUT2D eigenvalue weighted by molar-refractivity contribution is -0.152. The second kappa shape index (κ2) is 8.41. The maximum absolute atomic E-state index is 13.1. The van der Waals surface area contributed by atoms with Gasteiger partial charge in [0.2, 0.25) is 5.91 Å². The normalized spacial score (nSPS) is 18.0. The van der Waals surface area contributed by atoms with Gasteiger partial charge in [-0.15, -0.1) is 0 Å². The van der Waals surface area contributed by atoms with Crippen LogP contribution in [0.3, 0.4) is 0 Å². The number of benzene rings is 2. The molecule has 2 amide bonds. The molecule has 0 saturated carbocycles. The molecule has 0 spiro atoms. The average molecular weight is 434 g/mol. The first kappa shape index (κ1) is 22.3. The minimum absolute atomic E-state index is 0.0992. The van der Waals surface area contributed by atoms with Crippen molar-refractivity contribution in [3.8, 4) is 0 Å². The van der Waals surface area contributed by atoms with E-state index >= 15 is 0 Å². The van der Waals surface area contributed by atoms with E-state index in [-0.39, 0.29) is 13.0 Å². The Balaban J connectivity index is 1.75. The molecular weight excluding hydrogens is 413 g/mol. The molecule has 1 atom stereocenters. The molecule has 3 rings (SSSR count). The summed E-state index contributed by atoms with van der Waals surface area (Å²) in [7, 11) is 0. The number of nitrogens with one attached hydrogen (secondary N) is 1. The summed E-state index contributed by atoms with van der Waals surface area (Å²) in [5.74, 6) is -2.03. The van der Waals surface area contributed by atoms with Gasteiger partial charge in [0.05, 0.1) is 23.4 Å². The number of anilines is 1. The quantitative estimate of drug-likeness (QED) is 0.729. The summed E-state index contributed by atoms with van der Waals surface area (Å²) in [4.78, 5) is 39.0. The molecular formula is C22H21F3N2O4. The van der Waals surface area contributed by atoms with Crippen LogP contribution >= 0.6 is 0 Å². The Hall–Kier alpha value is -3.36. The maximum Gasteiger partial charge on any atom is 0.418 e. The Labute approximate surface area is 177 Å².